The minimum atomic E-state index is -0.562. The number of fused-ring (bicyclic) bond motifs is 1. The third-order valence-corrected chi connectivity index (χ3v) is 6.09. The molecular formula is C24H29ClN4O4. The van der Waals surface area contributed by atoms with Crippen molar-refractivity contribution in [3.8, 4) is 5.75 Å². The lowest BCUT2D eigenvalue weighted by Crippen LogP contribution is -2.48. The summed E-state index contributed by atoms with van der Waals surface area (Å²) in [5.74, 6) is -0.159. The molecule has 176 valence electrons. The summed E-state index contributed by atoms with van der Waals surface area (Å²) in [6.45, 7) is 9.43. The molecule has 0 saturated carbocycles. The van der Waals surface area contributed by atoms with E-state index in [4.69, 9.17) is 16.3 Å². The number of amides is 1. The van der Waals surface area contributed by atoms with Gasteiger partial charge in [-0.05, 0) is 56.4 Å². The Labute approximate surface area is 198 Å². The van der Waals surface area contributed by atoms with Gasteiger partial charge < -0.3 is 9.64 Å². The highest BCUT2D eigenvalue weighted by molar-refractivity contribution is 6.33. The Morgan fingerprint density at radius 3 is 2.82 bits per heavy atom. The molecule has 2 aromatic carbocycles. The number of nitrogens with one attached hydrogen (secondary N) is 1. The molecule has 1 N–H and O–H groups in total. The van der Waals surface area contributed by atoms with Gasteiger partial charge in [0.25, 0.3) is 5.91 Å². The monoisotopic (exact) mass is 472 g/mol. The maximum atomic E-state index is 12.1. The fraction of sp³-hybridized carbons (Fsp3) is 0.417. The molecule has 0 saturated heterocycles. The molecule has 9 heteroatoms. The van der Waals surface area contributed by atoms with Crippen LogP contribution in [0.5, 0.6) is 5.75 Å². The van der Waals surface area contributed by atoms with Crippen molar-refractivity contribution in [1.82, 2.24) is 5.43 Å². The van der Waals surface area contributed by atoms with Crippen LogP contribution in [0.25, 0.3) is 0 Å². The van der Waals surface area contributed by atoms with E-state index in [0.29, 0.717) is 16.5 Å². The van der Waals surface area contributed by atoms with Crippen LogP contribution in [-0.2, 0) is 4.79 Å². The smallest absolute Gasteiger partial charge is 0.310 e. The second kappa shape index (κ2) is 10.2. The zero-order valence-corrected chi connectivity index (χ0v) is 20.1. The van der Waals surface area contributed by atoms with Crippen molar-refractivity contribution < 1.29 is 14.5 Å². The van der Waals surface area contributed by atoms with Crippen molar-refractivity contribution in [3.63, 3.8) is 0 Å². The molecule has 0 aliphatic carbocycles. The zero-order valence-electron chi connectivity index (χ0n) is 19.3. The molecular weight excluding hydrogens is 444 g/mol. The molecule has 0 aromatic heterocycles. The number of anilines is 1. The fourth-order valence-electron chi connectivity index (χ4n) is 4.35. The fourth-order valence-corrected chi connectivity index (χ4v) is 4.55. The maximum absolute atomic E-state index is 12.1. The number of hydrogen-bond acceptors (Lipinski definition) is 6. The molecule has 0 bridgehead atoms. The van der Waals surface area contributed by atoms with Gasteiger partial charge in [-0.15, -0.1) is 0 Å². The number of hydrazone groups is 1. The topological polar surface area (TPSA) is 97.1 Å². The van der Waals surface area contributed by atoms with Crippen LogP contribution < -0.4 is 15.1 Å². The standard InChI is InChI=1S/C24H29ClN4O4/c1-5-10-28-21-12-19(25)17(11-18(21)16(2)13-24(28,3)4)14-26-27-23(30)15-33-22-9-7-6-8-20(22)29(31)32/h6-9,11-12,14,16H,5,10,13,15H2,1-4H3,(H,27,30)/b26-14+. The van der Waals surface area contributed by atoms with Gasteiger partial charge in [-0.25, -0.2) is 5.43 Å². The number of carbonyl (C=O) groups excluding carboxylic acids is 1. The lowest BCUT2D eigenvalue weighted by Gasteiger charge is -2.47. The molecule has 0 radical (unpaired) electrons. The van der Waals surface area contributed by atoms with E-state index in [1.807, 2.05) is 12.1 Å². The Hall–Kier alpha value is -3.13. The van der Waals surface area contributed by atoms with Crippen molar-refractivity contribution in [2.75, 3.05) is 18.1 Å². The summed E-state index contributed by atoms with van der Waals surface area (Å²) in [4.78, 5) is 25.0. The Bertz CT molecular complexity index is 1070. The Morgan fingerprint density at radius 1 is 1.39 bits per heavy atom. The van der Waals surface area contributed by atoms with Crippen LogP contribution in [0, 0.1) is 10.1 Å². The van der Waals surface area contributed by atoms with Crippen LogP contribution in [0.15, 0.2) is 41.5 Å². The summed E-state index contributed by atoms with van der Waals surface area (Å²) >= 11 is 6.55. The number of benzene rings is 2. The highest BCUT2D eigenvalue weighted by Gasteiger charge is 2.36. The average molecular weight is 473 g/mol. The number of rotatable bonds is 8. The number of nitrogens with zero attached hydrogens (tertiary/aromatic N) is 3. The van der Waals surface area contributed by atoms with E-state index in [1.165, 1.54) is 30.0 Å². The summed E-state index contributed by atoms with van der Waals surface area (Å²) in [6.07, 6.45) is 3.57. The summed E-state index contributed by atoms with van der Waals surface area (Å²) < 4.78 is 5.27. The van der Waals surface area contributed by atoms with Crippen LogP contribution in [0.3, 0.4) is 0 Å². The van der Waals surface area contributed by atoms with Crippen molar-refractivity contribution in [2.45, 2.75) is 52.0 Å². The van der Waals surface area contributed by atoms with Crippen LogP contribution in [0.1, 0.15) is 57.6 Å². The van der Waals surface area contributed by atoms with Gasteiger partial charge in [0.15, 0.2) is 12.4 Å². The number of hydrogen-bond donors (Lipinski definition) is 1. The van der Waals surface area contributed by atoms with Crippen LogP contribution in [-0.4, -0.2) is 35.7 Å². The SMILES string of the molecule is CCCN1c2cc(Cl)c(/C=N/NC(=O)COc3ccccc3[N+](=O)[O-])cc2C(C)CC1(C)C. The lowest BCUT2D eigenvalue weighted by atomic mass is 9.79. The molecule has 2 aromatic rings. The van der Waals surface area contributed by atoms with E-state index < -0.39 is 17.4 Å². The molecule has 1 unspecified atom stereocenters. The first-order chi connectivity index (χ1) is 15.6. The Kier molecular flexibility index (Phi) is 7.58. The van der Waals surface area contributed by atoms with Crippen molar-refractivity contribution in [3.05, 3.63) is 62.7 Å². The summed E-state index contributed by atoms with van der Waals surface area (Å²) in [5, 5.41) is 15.6. The maximum Gasteiger partial charge on any atom is 0.310 e. The minimum absolute atomic E-state index is 0.0212. The third kappa shape index (κ3) is 5.63. The Balaban J connectivity index is 1.69. The molecule has 0 fully saturated rings. The van der Waals surface area contributed by atoms with E-state index >= 15 is 0 Å². The van der Waals surface area contributed by atoms with E-state index in [0.717, 1.165) is 25.1 Å². The van der Waals surface area contributed by atoms with Gasteiger partial charge in [-0.1, -0.05) is 37.6 Å². The van der Waals surface area contributed by atoms with Gasteiger partial charge in [0.05, 0.1) is 16.2 Å². The molecule has 1 heterocycles. The predicted molar refractivity (Wildman–Crippen MR) is 131 cm³/mol. The largest absolute Gasteiger partial charge is 0.477 e. The van der Waals surface area contributed by atoms with Gasteiger partial charge in [0.2, 0.25) is 0 Å². The molecule has 1 aliphatic rings. The number of para-hydroxylation sites is 2. The number of halogens is 1. The van der Waals surface area contributed by atoms with E-state index in [9.17, 15) is 14.9 Å². The number of nitro groups is 1. The van der Waals surface area contributed by atoms with E-state index in [-0.39, 0.29) is 17.0 Å². The second-order valence-corrected chi connectivity index (χ2v) is 9.22. The van der Waals surface area contributed by atoms with Crippen molar-refractivity contribution >= 4 is 35.1 Å². The van der Waals surface area contributed by atoms with Crippen LogP contribution in [0.2, 0.25) is 5.02 Å². The van der Waals surface area contributed by atoms with Crippen molar-refractivity contribution in [2.24, 2.45) is 5.10 Å². The lowest BCUT2D eigenvalue weighted by molar-refractivity contribution is -0.385. The van der Waals surface area contributed by atoms with Gasteiger partial charge >= 0.3 is 5.69 Å². The number of ether oxygens (including phenoxy) is 1. The first-order valence-corrected chi connectivity index (χ1v) is 11.3. The molecule has 1 atom stereocenters. The summed E-state index contributed by atoms with van der Waals surface area (Å²) in [5.41, 5.74) is 5.28. The predicted octanol–water partition coefficient (Wildman–Crippen LogP) is 5.28. The van der Waals surface area contributed by atoms with Crippen LogP contribution in [0.4, 0.5) is 11.4 Å². The van der Waals surface area contributed by atoms with Crippen LogP contribution >= 0.6 is 11.6 Å². The molecule has 8 nitrogen and oxygen atoms in total. The zero-order chi connectivity index (χ0) is 24.2. The highest BCUT2D eigenvalue weighted by Crippen LogP contribution is 2.45. The van der Waals surface area contributed by atoms with E-state index in [1.54, 1.807) is 6.07 Å². The summed E-state index contributed by atoms with van der Waals surface area (Å²) in [7, 11) is 0. The van der Waals surface area contributed by atoms with Crippen molar-refractivity contribution in [1.29, 1.82) is 0 Å². The molecule has 33 heavy (non-hydrogen) atoms. The first-order valence-electron chi connectivity index (χ1n) is 10.9. The summed E-state index contributed by atoms with van der Waals surface area (Å²) in [6, 6.07) is 9.88. The molecule has 3 rings (SSSR count). The second-order valence-electron chi connectivity index (χ2n) is 8.81. The normalized spacial score (nSPS) is 17.0. The van der Waals surface area contributed by atoms with E-state index in [2.05, 4.69) is 43.1 Å². The van der Waals surface area contributed by atoms with Gasteiger partial charge in [-0.2, -0.15) is 5.10 Å². The molecule has 0 spiro atoms. The first kappa shape index (κ1) is 24.5. The molecule has 1 aliphatic heterocycles. The average Bonchev–Trinajstić information content (AvgIpc) is 2.75. The highest BCUT2D eigenvalue weighted by atomic mass is 35.5. The number of carbonyl (C=O) groups is 1. The van der Waals surface area contributed by atoms with Gasteiger partial charge in [0.1, 0.15) is 0 Å². The minimum Gasteiger partial charge on any atom is -0.477 e. The number of nitro benzene ring substituents is 1. The Morgan fingerprint density at radius 2 is 2.12 bits per heavy atom. The van der Waals surface area contributed by atoms with Gasteiger partial charge in [0, 0.05) is 29.4 Å². The quantitative estimate of drug-likeness (QED) is 0.320. The molecule has 1 amide bonds. The van der Waals surface area contributed by atoms with Gasteiger partial charge in [-0.3, -0.25) is 14.9 Å². The third-order valence-electron chi connectivity index (χ3n) is 5.76.